The highest BCUT2D eigenvalue weighted by atomic mass is 35.5. The summed E-state index contributed by atoms with van der Waals surface area (Å²) in [5.41, 5.74) is 1.50. The molecule has 0 bridgehead atoms. The van der Waals surface area contributed by atoms with Crippen LogP contribution in [0.2, 0.25) is 0 Å². The molecule has 4 N–H and O–H groups in total. The van der Waals surface area contributed by atoms with Crippen molar-refractivity contribution in [3.63, 3.8) is 0 Å². The summed E-state index contributed by atoms with van der Waals surface area (Å²) < 4.78 is 5.16. The number of hydrogen-bond acceptors (Lipinski definition) is 6. The number of aliphatic hydroxyl groups is 2. The minimum absolute atomic E-state index is 0.0542. The maximum atomic E-state index is 13.5. The Kier molecular flexibility index (Phi) is 7.02. The van der Waals surface area contributed by atoms with Gasteiger partial charge < -0.3 is 25.6 Å². The van der Waals surface area contributed by atoms with Gasteiger partial charge in [0.05, 0.1) is 25.9 Å². The van der Waals surface area contributed by atoms with Gasteiger partial charge in [0, 0.05) is 0 Å². The second kappa shape index (κ2) is 9.70. The molecular weight excluding hydrogens is 472 g/mol. The van der Waals surface area contributed by atoms with E-state index in [4.69, 9.17) is 16.3 Å². The predicted molar refractivity (Wildman–Crippen MR) is 130 cm³/mol. The highest BCUT2D eigenvalue weighted by Gasteiger charge is 2.54. The van der Waals surface area contributed by atoms with Gasteiger partial charge in [0.25, 0.3) is 5.91 Å². The van der Waals surface area contributed by atoms with Crippen molar-refractivity contribution in [2.24, 2.45) is 5.92 Å². The van der Waals surface area contributed by atoms with E-state index in [-0.39, 0.29) is 12.5 Å². The molecule has 3 atom stereocenters. The first-order chi connectivity index (χ1) is 16.7. The molecule has 2 aromatic rings. The van der Waals surface area contributed by atoms with Gasteiger partial charge in [-0.3, -0.25) is 14.4 Å². The van der Waals surface area contributed by atoms with Crippen LogP contribution in [0.3, 0.4) is 0 Å². The van der Waals surface area contributed by atoms with Gasteiger partial charge in [-0.15, -0.1) is 0 Å². The molecule has 186 valence electrons. The maximum Gasteiger partial charge on any atom is 0.251 e. The van der Waals surface area contributed by atoms with Gasteiger partial charge in [-0.05, 0) is 34.6 Å². The highest BCUT2D eigenvalue weighted by molar-refractivity contribution is 6.39. The molecule has 2 amide bonds. The summed E-state index contributed by atoms with van der Waals surface area (Å²) in [6.45, 7) is 2.69. The minimum atomic E-state index is -1.59. The SMILES string of the molecule is CC(C)C[C@H](NC(=O)[C@H](CO)NC(=O)C1(Cl)c2ccccc2-c2ccccc21)C(=O)[C@]1(CO)CO1. The zero-order valence-corrected chi connectivity index (χ0v) is 20.3. The molecule has 0 radical (unpaired) electrons. The molecule has 2 aliphatic rings. The maximum absolute atomic E-state index is 13.5. The van der Waals surface area contributed by atoms with E-state index in [9.17, 15) is 24.6 Å². The Balaban J connectivity index is 1.55. The van der Waals surface area contributed by atoms with Gasteiger partial charge in [0.1, 0.15) is 6.04 Å². The summed E-state index contributed by atoms with van der Waals surface area (Å²) in [5.74, 6) is -1.76. The number of ether oxygens (including phenoxy) is 1. The van der Waals surface area contributed by atoms with E-state index in [0.717, 1.165) is 11.1 Å². The normalized spacial score (nSPS) is 21.0. The number of halogens is 1. The predicted octanol–water partition coefficient (Wildman–Crippen LogP) is 1.49. The number of nitrogens with one attached hydrogen (secondary N) is 2. The van der Waals surface area contributed by atoms with Crippen LogP contribution >= 0.6 is 11.6 Å². The molecule has 1 aliphatic heterocycles. The number of fused-ring (bicyclic) bond motifs is 3. The van der Waals surface area contributed by atoms with E-state index >= 15 is 0 Å². The third-order valence-electron chi connectivity index (χ3n) is 6.54. The Hall–Kier alpha value is -2.78. The van der Waals surface area contributed by atoms with E-state index in [1.54, 1.807) is 24.3 Å². The molecule has 2 aromatic carbocycles. The van der Waals surface area contributed by atoms with Gasteiger partial charge in [-0.1, -0.05) is 74.0 Å². The van der Waals surface area contributed by atoms with Crippen LogP contribution in [0.4, 0.5) is 0 Å². The molecule has 9 heteroatoms. The number of epoxide rings is 1. The van der Waals surface area contributed by atoms with E-state index in [1.165, 1.54) is 0 Å². The van der Waals surface area contributed by atoms with E-state index in [1.807, 2.05) is 38.1 Å². The first-order valence-electron chi connectivity index (χ1n) is 11.6. The van der Waals surface area contributed by atoms with Crippen molar-refractivity contribution in [2.45, 2.75) is 42.8 Å². The highest BCUT2D eigenvalue weighted by Crippen LogP contribution is 2.51. The summed E-state index contributed by atoms with van der Waals surface area (Å²) >= 11 is 6.98. The molecule has 8 nitrogen and oxygen atoms in total. The number of ketones is 1. The molecule has 1 saturated heterocycles. The largest absolute Gasteiger partial charge is 0.394 e. The number of hydrogen-bond donors (Lipinski definition) is 4. The molecular formula is C26H29ClN2O6. The van der Waals surface area contributed by atoms with Crippen molar-refractivity contribution in [1.29, 1.82) is 0 Å². The van der Waals surface area contributed by atoms with Crippen LogP contribution in [0.25, 0.3) is 11.1 Å². The topological polar surface area (TPSA) is 128 Å². The fourth-order valence-electron chi connectivity index (χ4n) is 4.57. The van der Waals surface area contributed by atoms with Crippen LogP contribution < -0.4 is 10.6 Å². The van der Waals surface area contributed by atoms with Crippen molar-refractivity contribution >= 4 is 29.2 Å². The summed E-state index contributed by atoms with van der Waals surface area (Å²) in [4.78, 5) is 37.9. The number of carbonyl (C=O) groups is 3. The van der Waals surface area contributed by atoms with Crippen molar-refractivity contribution in [1.82, 2.24) is 10.6 Å². The summed E-state index contributed by atoms with van der Waals surface area (Å²) in [6, 6.07) is 12.3. The van der Waals surface area contributed by atoms with Gasteiger partial charge in [0.15, 0.2) is 16.3 Å². The van der Waals surface area contributed by atoms with Crippen molar-refractivity contribution in [2.75, 3.05) is 19.8 Å². The lowest BCUT2D eigenvalue weighted by Crippen LogP contribution is -2.57. The number of Topliss-reactive ketones (excluding diaryl/α,β-unsaturated/α-hetero) is 1. The first-order valence-corrected chi connectivity index (χ1v) is 12.0. The van der Waals surface area contributed by atoms with Gasteiger partial charge in [-0.25, -0.2) is 0 Å². The smallest absolute Gasteiger partial charge is 0.251 e. The molecule has 0 aromatic heterocycles. The first kappa shape index (κ1) is 25.3. The number of alkyl halides is 1. The third-order valence-corrected chi connectivity index (χ3v) is 7.12. The second-order valence-electron chi connectivity index (χ2n) is 9.45. The molecule has 0 spiro atoms. The van der Waals surface area contributed by atoms with Crippen LogP contribution in [0.15, 0.2) is 48.5 Å². The standard InChI is InChI=1S/C26H29ClN2O6/c1-15(2)11-20(22(32)25(13-31)14-35-25)28-23(33)21(12-30)29-24(34)26(27)18-9-5-3-7-16(18)17-8-4-6-10-19(17)26/h3-10,15,20-21,30-31H,11-14H2,1-2H3,(H,28,33)(H,29,34)/t20-,21-,25-/m0/s1. The van der Waals surface area contributed by atoms with Crippen LogP contribution in [-0.2, 0) is 24.0 Å². The van der Waals surface area contributed by atoms with Gasteiger partial charge in [-0.2, -0.15) is 0 Å². The second-order valence-corrected chi connectivity index (χ2v) is 10.0. The molecule has 1 heterocycles. The number of benzene rings is 2. The van der Waals surface area contributed by atoms with Crippen molar-refractivity contribution in [3.8, 4) is 11.1 Å². The number of aliphatic hydroxyl groups excluding tert-OH is 2. The average Bonchev–Trinajstić information content (AvgIpc) is 3.62. The van der Waals surface area contributed by atoms with Crippen molar-refractivity contribution < 1.29 is 29.3 Å². The Morgan fingerprint density at radius 3 is 1.97 bits per heavy atom. The lowest BCUT2D eigenvalue weighted by molar-refractivity contribution is -0.135. The number of amides is 2. The van der Waals surface area contributed by atoms with Crippen LogP contribution in [0, 0.1) is 5.92 Å². The fourth-order valence-corrected chi connectivity index (χ4v) is 4.95. The zero-order chi connectivity index (χ0) is 25.4. The minimum Gasteiger partial charge on any atom is -0.394 e. The molecule has 1 aliphatic carbocycles. The summed E-state index contributed by atoms with van der Waals surface area (Å²) in [5, 5.41) is 24.7. The lowest BCUT2D eigenvalue weighted by atomic mass is 9.92. The Morgan fingerprint density at radius 2 is 1.51 bits per heavy atom. The van der Waals surface area contributed by atoms with Crippen LogP contribution in [0.1, 0.15) is 31.4 Å². The van der Waals surface area contributed by atoms with E-state index in [2.05, 4.69) is 10.6 Å². The average molecular weight is 501 g/mol. The number of rotatable bonds is 10. The monoisotopic (exact) mass is 500 g/mol. The number of carbonyl (C=O) groups excluding carboxylic acids is 3. The Bertz CT molecular complexity index is 1100. The van der Waals surface area contributed by atoms with Crippen LogP contribution in [0.5, 0.6) is 0 Å². The molecule has 0 unspecified atom stereocenters. The van der Waals surface area contributed by atoms with Crippen LogP contribution in [-0.4, -0.2) is 65.3 Å². The third kappa shape index (κ3) is 4.47. The van der Waals surface area contributed by atoms with Gasteiger partial charge in [0.2, 0.25) is 5.91 Å². The molecule has 35 heavy (non-hydrogen) atoms. The molecule has 0 saturated carbocycles. The Morgan fingerprint density at radius 1 is 0.971 bits per heavy atom. The van der Waals surface area contributed by atoms with E-state index in [0.29, 0.717) is 17.5 Å². The molecule has 4 rings (SSSR count). The fraction of sp³-hybridized carbons (Fsp3) is 0.423. The quantitative estimate of drug-likeness (QED) is 0.289. The Labute approximate surface area is 208 Å². The summed E-state index contributed by atoms with van der Waals surface area (Å²) in [7, 11) is 0. The summed E-state index contributed by atoms with van der Waals surface area (Å²) in [6.07, 6.45) is 0.308. The molecule has 1 fully saturated rings. The van der Waals surface area contributed by atoms with Crippen molar-refractivity contribution in [3.05, 3.63) is 59.7 Å². The van der Waals surface area contributed by atoms with E-state index < -0.39 is 53.4 Å². The zero-order valence-electron chi connectivity index (χ0n) is 19.6. The lowest BCUT2D eigenvalue weighted by Gasteiger charge is -2.28. The van der Waals surface area contributed by atoms with Gasteiger partial charge >= 0.3 is 0 Å².